The first-order valence-electron chi connectivity index (χ1n) is 12.1. The minimum atomic E-state index is -5.08. The van der Waals surface area contributed by atoms with Crippen molar-refractivity contribution in [3.05, 3.63) is 76.1 Å². The number of aryl methyl sites for hydroxylation is 1. The Kier molecular flexibility index (Phi) is 11.2. The van der Waals surface area contributed by atoms with Crippen molar-refractivity contribution < 1.29 is 41.9 Å². The van der Waals surface area contributed by atoms with Crippen molar-refractivity contribution in [2.24, 2.45) is 5.73 Å². The van der Waals surface area contributed by atoms with E-state index in [1.54, 1.807) is 25.1 Å². The van der Waals surface area contributed by atoms with Crippen LogP contribution in [-0.4, -0.2) is 53.1 Å². The lowest BCUT2D eigenvalue weighted by Crippen LogP contribution is -2.54. The van der Waals surface area contributed by atoms with Crippen LogP contribution in [0.1, 0.15) is 25.0 Å². The molecular weight excluding hydrogens is 549 g/mol. The molecule has 3 aromatic rings. The average Bonchev–Trinajstić information content (AvgIpc) is 2.88. The Morgan fingerprint density at radius 2 is 1.56 bits per heavy atom. The molecule has 0 fully saturated rings. The molecule has 6 N–H and O–H groups in total. The predicted molar refractivity (Wildman–Crippen MR) is 143 cm³/mol. The maximum Gasteiger partial charge on any atom is 0.490 e. The van der Waals surface area contributed by atoms with Gasteiger partial charge in [-0.05, 0) is 44.0 Å². The average molecular weight is 579 g/mol. The fourth-order valence-electron chi connectivity index (χ4n) is 3.40. The van der Waals surface area contributed by atoms with Gasteiger partial charge in [0, 0.05) is 29.6 Å². The molecule has 220 valence electrons. The highest BCUT2D eigenvalue weighted by molar-refractivity contribution is 5.99. The summed E-state index contributed by atoms with van der Waals surface area (Å²) in [6.07, 6.45) is -4.85. The zero-order chi connectivity index (χ0) is 30.9. The molecular formula is C27H29F3N4O7. The van der Waals surface area contributed by atoms with Crippen molar-refractivity contribution in [2.45, 2.75) is 51.5 Å². The van der Waals surface area contributed by atoms with Gasteiger partial charge in [-0.1, -0.05) is 30.3 Å². The van der Waals surface area contributed by atoms with Crippen molar-refractivity contribution >= 4 is 40.3 Å². The van der Waals surface area contributed by atoms with Gasteiger partial charge in [0.05, 0.1) is 6.04 Å². The quantitative estimate of drug-likeness (QED) is 0.252. The summed E-state index contributed by atoms with van der Waals surface area (Å²) in [6.45, 7) is 4.83. The largest absolute Gasteiger partial charge is 0.490 e. The Morgan fingerprint density at radius 1 is 0.951 bits per heavy atom. The molecule has 0 spiro atoms. The van der Waals surface area contributed by atoms with Crippen LogP contribution in [0, 0.1) is 6.92 Å². The molecule has 41 heavy (non-hydrogen) atoms. The van der Waals surface area contributed by atoms with E-state index in [-0.39, 0.29) is 6.42 Å². The number of nitrogens with two attached hydrogens (primary N) is 1. The highest BCUT2D eigenvalue weighted by Gasteiger charge is 2.38. The molecule has 0 radical (unpaired) electrons. The first kappa shape index (κ1) is 32.5. The van der Waals surface area contributed by atoms with Crippen molar-refractivity contribution in [1.29, 1.82) is 0 Å². The summed E-state index contributed by atoms with van der Waals surface area (Å²) in [5, 5.41) is 15.9. The topological polar surface area (TPSA) is 181 Å². The molecule has 3 amide bonds. The smallest absolute Gasteiger partial charge is 0.475 e. The summed E-state index contributed by atoms with van der Waals surface area (Å²) in [6, 6.07) is 13.1. The lowest BCUT2D eigenvalue weighted by molar-refractivity contribution is -0.192. The van der Waals surface area contributed by atoms with Gasteiger partial charge >= 0.3 is 17.8 Å². The number of carboxylic acid groups (broad SMARTS) is 1. The standard InChI is InChI=1S/C25H28N4O5.C2HF3O2/c1-14-11-22(30)34-21-13-18(9-10-19(14)21)28-25(33)20(12-17-7-5-4-6-8-17)29-24(32)16(3)27-23(31)15(2)26;3-2(4,5)1(6)7/h4-11,13,15-16,20H,12,26H2,1-3H3,(H,27,31)(H,28,33)(H,29,32);(H,6,7). The third kappa shape index (κ3) is 10.1. The number of fused-ring (bicyclic) bond motifs is 1. The molecule has 0 aliphatic rings. The minimum Gasteiger partial charge on any atom is -0.475 e. The molecule has 0 aliphatic carbocycles. The monoisotopic (exact) mass is 578 g/mol. The van der Waals surface area contributed by atoms with E-state index in [1.165, 1.54) is 19.9 Å². The molecule has 3 unspecified atom stereocenters. The lowest BCUT2D eigenvalue weighted by atomic mass is 10.0. The van der Waals surface area contributed by atoms with E-state index in [0.29, 0.717) is 11.3 Å². The summed E-state index contributed by atoms with van der Waals surface area (Å²) in [4.78, 5) is 58.3. The Bertz CT molecular complexity index is 1460. The molecule has 1 heterocycles. The van der Waals surface area contributed by atoms with E-state index in [1.807, 2.05) is 30.3 Å². The fraction of sp³-hybridized carbons (Fsp3) is 0.296. The SMILES string of the molecule is Cc1cc(=O)oc2cc(NC(=O)C(Cc3ccccc3)NC(=O)C(C)NC(=O)C(C)N)ccc12.O=C(O)C(F)(F)F. The first-order chi connectivity index (χ1) is 19.1. The molecule has 11 nitrogen and oxygen atoms in total. The number of hydrogen-bond donors (Lipinski definition) is 5. The number of carbonyl (C=O) groups is 4. The molecule has 0 aliphatic heterocycles. The summed E-state index contributed by atoms with van der Waals surface area (Å²) in [5.74, 6) is -4.21. The van der Waals surface area contributed by atoms with Gasteiger partial charge in [-0.25, -0.2) is 9.59 Å². The number of carboxylic acids is 1. The Hall–Kier alpha value is -4.72. The summed E-state index contributed by atoms with van der Waals surface area (Å²) >= 11 is 0. The summed E-state index contributed by atoms with van der Waals surface area (Å²) in [7, 11) is 0. The summed E-state index contributed by atoms with van der Waals surface area (Å²) < 4.78 is 37.0. The van der Waals surface area contributed by atoms with Crippen LogP contribution < -0.4 is 27.3 Å². The van der Waals surface area contributed by atoms with Crippen LogP contribution in [0.5, 0.6) is 0 Å². The Morgan fingerprint density at radius 3 is 2.12 bits per heavy atom. The van der Waals surface area contributed by atoms with E-state index in [4.69, 9.17) is 20.1 Å². The molecule has 0 bridgehead atoms. The van der Waals surface area contributed by atoms with E-state index in [2.05, 4.69) is 16.0 Å². The highest BCUT2D eigenvalue weighted by Crippen LogP contribution is 2.21. The van der Waals surface area contributed by atoms with Crippen molar-refractivity contribution in [3.63, 3.8) is 0 Å². The van der Waals surface area contributed by atoms with Gasteiger partial charge in [-0.3, -0.25) is 14.4 Å². The zero-order valence-electron chi connectivity index (χ0n) is 22.2. The van der Waals surface area contributed by atoms with Crippen LogP contribution in [0.4, 0.5) is 18.9 Å². The third-order valence-corrected chi connectivity index (χ3v) is 5.54. The van der Waals surface area contributed by atoms with E-state index in [0.717, 1.165) is 16.5 Å². The van der Waals surface area contributed by atoms with Crippen LogP contribution >= 0.6 is 0 Å². The van der Waals surface area contributed by atoms with Crippen LogP contribution in [0.15, 0.2) is 63.8 Å². The Balaban J connectivity index is 0.000000745. The predicted octanol–water partition coefficient (Wildman–Crippen LogP) is 2.25. The van der Waals surface area contributed by atoms with Crippen LogP contribution in [0.25, 0.3) is 11.0 Å². The molecule has 0 saturated heterocycles. The fourth-order valence-corrected chi connectivity index (χ4v) is 3.40. The number of amides is 3. The summed E-state index contributed by atoms with van der Waals surface area (Å²) in [5.41, 5.74) is 7.43. The number of nitrogens with one attached hydrogen (secondary N) is 3. The van der Waals surface area contributed by atoms with Gasteiger partial charge in [0.25, 0.3) is 0 Å². The number of halogens is 3. The maximum absolute atomic E-state index is 13.1. The second-order valence-electron chi connectivity index (χ2n) is 9.02. The molecule has 0 saturated carbocycles. The molecule has 3 atom stereocenters. The number of anilines is 1. The normalized spacial score (nSPS) is 13.1. The number of hydrogen-bond acceptors (Lipinski definition) is 7. The van der Waals surface area contributed by atoms with Gasteiger partial charge in [0.15, 0.2) is 0 Å². The van der Waals surface area contributed by atoms with Crippen molar-refractivity contribution in [1.82, 2.24) is 10.6 Å². The number of rotatable bonds is 8. The second kappa shape index (κ2) is 14.1. The van der Waals surface area contributed by atoms with E-state index >= 15 is 0 Å². The Labute approximate surface area is 231 Å². The minimum absolute atomic E-state index is 0.230. The van der Waals surface area contributed by atoms with Gasteiger partial charge in [-0.2, -0.15) is 13.2 Å². The molecule has 1 aromatic heterocycles. The van der Waals surface area contributed by atoms with Crippen molar-refractivity contribution in [3.8, 4) is 0 Å². The van der Waals surface area contributed by atoms with Gasteiger partial charge < -0.3 is 31.2 Å². The van der Waals surface area contributed by atoms with Crippen molar-refractivity contribution in [2.75, 3.05) is 5.32 Å². The molecule has 14 heteroatoms. The number of alkyl halides is 3. The zero-order valence-corrected chi connectivity index (χ0v) is 22.2. The number of carbonyl (C=O) groups excluding carboxylic acids is 3. The molecule has 3 rings (SSSR count). The first-order valence-corrected chi connectivity index (χ1v) is 12.1. The van der Waals surface area contributed by atoms with E-state index < -0.39 is 53.6 Å². The number of benzene rings is 2. The van der Waals surface area contributed by atoms with Gasteiger partial charge in [0.1, 0.15) is 17.7 Å². The van der Waals surface area contributed by atoms with Crippen LogP contribution in [0.2, 0.25) is 0 Å². The van der Waals surface area contributed by atoms with Crippen LogP contribution in [0.3, 0.4) is 0 Å². The third-order valence-electron chi connectivity index (χ3n) is 5.54. The number of aliphatic carboxylic acids is 1. The molecule has 2 aromatic carbocycles. The van der Waals surface area contributed by atoms with Crippen LogP contribution in [-0.2, 0) is 25.6 Å². The van der Waals surface area contributed by atoms with E-state index in [9.17, 15) is 32.3 Å². The highest BCUT2D eigenvalue weighted by atomic mass is 19.4. The lowest BCUT2D eigenvalue weighted by Gasteiger charge is -2.22. The maximum atomic E-state index is 13.1. The van der Waals surface area contributed by atoms with Gasteiger partial charge in [-0.15, -0.1) is 0 Å². The second-order valence-corrected chi connectivity index (χ2v) is 9.02. The van der Waals surface area contributed by atoms with Gasteiger partial charge in [0.2, 0.25) is 17.7 Å².